The summed E-state index contributed by atoms with van der Waals surface area (Å²) in [5.41, 5.74) is 0.590. The number of aromatic nitrogens is 2. The number of nitrogens with zero attached hydrogens (tertiary/aromatic N) is 2. The van der Waals surface area contributed by atoms with Gasteiger partial charge in [-0.15, -0.1) is 0 Å². The predicted molar refractivity (Wildman–Crippen MR) is 105 cm³/mol. The molecule has 0 saturated carbocycles. The van der Waals surface area contributed by atoms with E-state index in [1.165, 1.54) is 23.9 Å². The Hall–Kier alpha value is -2.38. The molecule has 0 radical (unpaired) electrons. The number of hydrogen-bond acceptors (Lipinski definition) is 5. The van der Waals surface area contributed by atoms with Crippen molar-refractivity contribution in [3.8, 4) is 5.75 Å². The second-order valence-corrected chi connectivity index (χ2v) is 7.01. The Balaban J connectivity index is 1.64. The standard InChI is InChI=1S/C20H21FN2O3S/c21-15-7-9-16(10-8-15)26-13-4-14-27-20-22-18-6-2-1-5-17(18)19(25)23(20)11-3-12-24/h1-2,5-10,24H,3-4,11-14H2. The number of hydrogen-bond donors (Lipinski definition) is 1. The van der Waals surface area contributed by atoms with Gasteiger partial charge >= 0.3 is 0 Å². The van der Waals surface area contributed by atoms with Crippen LogP contribution in [0.1, 0.15) is 12.8 Å². The first-order valence-corrected chi connectivity index (χ1v) is 9.79. The minimum Gasteiger partial charge on any atom is -0.494 e. The van der Waals surface area contributed by atoms with E-state index in [9.17, 15) is 9.18 Å². The Bertz CT molecular complexity index is 944. The Labute approximate surface area is 160 Å². The highest BCUT2D eigenvalue weighted by Gasteiger charge is 2.11. The lowest BCUT2D eigenvalue weighted by Gasteiger charge is -2.12. The summed E-state index contributed by atoms with van der Waals surface area (Å²) in [4.78, 5) is 17.3. The number of para-hydroxylation sites is 1. The van der Waals surface area contributed by atoms with E-state index in [2.05, 4.69) is 4.98 Å². The van der Waals surface area contributed by atoms with Crippen LogP contribution in [0.3, 0.4) is 0 Å². The first-order valence-electron chi connectivity index (χ1n) is 8.80. The highest BCUT2D eigenvalue weighted by Crippen LogP contribution is 2.19. The summed E-state index contributed by atoms with van der Waals surface area (Å²) in [5, 5.41) is 10.3. The molecule has 3 aromatic rings. The maximum Gasteiger partial charge on any atom is 0.262 e. The summed E-state index contributed by atoms with van der Waals surface area (Å²) in [6.07, 6.45) is 1.26. The fourth-order valence-corrected chi connectivity index (χ4v) is 3.56. The van der Waals surface area contributed by atoms with E-state index in [-0.39, 0.29) is 18.0 Å². The molecular formula is C20H21FN2O3S. The molecule has 0 aliphatic rings. The Morgan fingerprint density at radius 2 is 1.89 bits per heavy atom. The molecule has 5 nitrogen and oxygen atoms in total. The van der Waals surface area contributed by atoms with Gasteiger partial charge < -0.3 is 9.84 Å². The fourth-order valence-electron chi connectivity index (χ4n) is 2.63. The molecule has 0 unspecified atom stereocenters. The number of benzene rings is 2. The number of aliphatic hydroxyl groups excluding tert-OH is 1. The second kappa shape index (κ2) is 9.53. The molecular weight excluding hydrogens is 367 g/mol. The van der Waals surface area contributed by atoms with Crippen LogP contribution in [0.5, 0.6) is 5.75 Å². The summed E-state index contributed by atoms with van der Waals surface area (Å²) >= 11 is 1.49. The van der Waals surface area contributed by atoms with Crippen molar-refractivity contribution in [1.82, 2.24) is 9.55 Å². The van der Waals surface area contributed by atoms with Crippen molar-refractivity contribution in [3.63, 3.8) is 0 Å². The van der Waals surface area contributed by atoms with Gasteiger partial charge in [0.05, 0.1) is 17.5 Å². The predicted octanol–water partition coefficient (Wildman–Crippen LogP) is 3.48. The van der Waals surface area contributed by atoms with E-state index in [0.29, 0.717) is 41.4 Å². The van der Waals surface area contributed by atoms with Gasteiger partial charge in [-0.2, -0.15) is 0 Å². The highest BCUT2D eigenvalue weighted by atomic mass is 32.2. The normalized spacial score (nSPS) is 11.0. The van der Waals surface area contributed by atoms with E-state index in [1.54, 1.807) is 22.8 Å². The van der Waals surface area contributed by atoms with Crippen LogP contribution in [0.4, 0.5) is 4.39 Å². The summed E-state index contributed by atoms with van der Waals surface area (Å²) in [5.74, 6) is 1.07. The molecule has 7 heteroatoms. The molecule has 1 aromatic heterocycles. The molecule has 1 N–H and O–H groups in total. The average molecular weight is 388 g/mol. The Morgan fingerprint density at radius 3 is 2.67 bits per heavy atom. The average Bonchev–Trinajstić information content (AvgIpc) is 2.69. The van der Waals surface area contributed by atoms with Gasteiger partial charge in [-0.1, -0.05) is 23.9 Å². The lowest BCUT2D eigenvalue weighted by molar-refractivity contribution is 0.276. The smallest absolute Gasteiger partial charge is 0.262 e. The van der Waals surface area contributed by atoms with Crippen LogP contribution >= 0.6 is 11.8 Å². The van der Waals surface area contributed by atoms with Gasteiger partial charge in [0.25, 0.3) is 5.56 Å². The maximum absolute atomic E-state index is 12.9. The van der Waals surface area contributed by atoms with Gasteiger partial charge in [0.15, 0.2) is 5.16 Å². The Kier molecular flexibility index (Phi) is 6.84. The first kappa shape index (κ1) is 19.4. The molecule has 0 saturated heterocycles. The minimum absolute atomic E-state index is 0.0227. The van der Waals surface area contributed by atoms with Crippen LogP contribution in [0, 0.1) is 5.82 Å². The van der Waals surface area contributed by atoms with Crippen molar-refractivity contribution < 1.29 is 14.2 Å². The molecule has 2 aromatic carbocycles. The third-order valence-electron chi connectivity index (χ3n) is 3.97. The van der Waals surface area contributed by atoms with E-state index in [1.807, 2.05) is 18.2 Å². The zero-order valence-corrected chi connectivity index (χ0v) is 15.6. The molecule has 1 heterocycles. The third-order valence-corrected chi connectivity index (χ3v) is 5.03. The summed E-state index contributed by atoms with van der Waals surface area (Å²) in [7, 11) is 0. The van der Waals surface area contributed by atoms with E-state index in [4.69, 9.17) is 9.84 Å². The van der Waals surface area contributed by atoms with Crippen LogP contribution in [0.25, 0.3) is 10.9 Å². The van der Waals surface area contributed by atoms with Crippen molar-refractivity contribution in [2.45, 2.75) is 24.5 Å². The lowest BCUT2D eigenvalue weighted by atomic mass is 10.2. The molecule has 0 bridgehead atoms. The molecule has 142 valence electrons. The number of rotatable bonds is 9. The quantitative estimate of drug-likeness (QED) is 0.345. The van der Waals surface area contributed by atoms with Gasteiger partial charge in [0, 0.05) is 18.9 Å². The van der Waals surface area contributed by atoms with Gasteiger partial charge in [0.1, 0.15) is 11.6 Å². The molecule has 0 amide bonds. The van der Waals surface area contributed by atoms with E-state index < -0.39 is 0 Å². The summed E-state index contributed by atoms with van der Waals surface area (Å²) < 4.78 is 20.1. The number of halogens is 1. The van der Waals surface area contributed by atoms with Gasteiger partial charge in [-0.05, 0) is 49.2 Å². The minimum atomic E-state index is -0.291. The first-order chi connectivity index (χ1) is 13.2. The number of fused-ring (bicyclic) bond motifs is 1. The van der Waals surface area contributed by atoms with Gasteiger partial charge in [-0.25, -0.2) is 9.37 Å². The molecule has 0 spiro atoms. The van der Waals surface area contributed by atoms with Crippen LogP contribution in [0.15, 0.2) is 58.5 Å². The largest absolute Gasteiger partial charge is 0.494 e. The Morgan fingerprint density at radius 1 is 1.11 bits per heavy atom. The maximum atomic E-state index is 12.9. The highest BCUT2D eigenvalue weighted by molar-refractivity contribution is 7.99. The molecule has 0 fully saturated rings. The fraction of sp³-hybridized carbons (Fsp3) is 0.300. The number of aliphatic hydroxyl groups is 1. The van der Waals surface area contributed by atoms with Gasteiger partial charge in [0.2, 0.25) is 0 Å². The number of ether oxygens (including phenoxy) is 1. The van der Waals surface area contributed by atoms with Crippen LogP contribution < -0.4 is 10.3 Å². The molecule has 0 atom stereocenters. The second-order valence-electron chi connectivity index (χ2n) is 5.95. The third kappa shape index (κ3) is 5.08. The molecule has 0 aliphatic heterocycles. The number of thioether (sulfide) groups is 1. The van der Waals surface area contributed by atoms with Crippen molar-refractivity contribution in [1.29, 1.82) is 0 Å². The van der Waals surface area contributed by atoms with Crippen LogP contribution in [0.2, 0.25) is 0 Å². The lowest BCUT2D eigenvalue weighted by Crippen LogP contribution is -2.24. The van der Waals surface area contributed by atoms with Crippen molar-refractivity contribution in [2.75, 3.05) is 19.0 Å². The van der Waals surface area contributed by atoms with Crippen LogP contribution in [-0.4, -0.2) is 33.6 Å². The molecule has 0 aliphatic carbocycles. The van der Waals surface area contributed by atoms with E-state index >= 15 is 0 Å². The van der Waals surface area contributed by atoms with Crippen molar-refractivity contribution in [2.24, 2.45) is 0 Å². The monoisotopic (exact) mass is 388 g/mol. The topological polar surface area (TPSA) is 64.3 Å². The molecule has 27 heavy (non-hydrogen) atoms. The summed E-state index contributed by atoms with van der Waals surface area (Å²) in [6.45, 7) is 0.948. The van der Waals surface area contributed by atoms with Crippen LogP contribution in [-0.2, 0) is 6.54 Å². The van der Waals surface area contributed by atoms with Crippen molar-refractivity contribution in [3.05, 3.63) is 64.7 Å². The van der Waals surface area contributed by atoms with E-state index in [0.717, 1.165) is 12.2 Å². The summed E-state index contributed by atoms with van der Waals surface area (Å²) in [6, 6.07) is 13.2. The SMILES string of the molecule is O=c1c2ccccc2nc(SCCCOc2ccc(F)cc2)n1CCCO. The van der Waals surface area contributed by atoms with Gasteiger partial charge in [-0.3, -0.25) is 9.36 Å². The molecule has 3 rings (SSSR count). The zero-order chi connectivity index (χ0) is 19.1. The zero-order valence-electron chi connectivity index (χ0n) is 14.8. The van der Waals surface area contributed by atoms with Crippen molar-refractivity contribution >= 4 is 22.7 Å².